The van der Waals surface area contributed by atoms with Crippen molar-refractivity contribution in [2.75, 3.05) is 36.5 Å². The Morgan fingerprint density at radius 1 is 0.898 bits per heavy atom. The summed E-state index contributed by atoms with van der Waals surface area (Å²) in [6.07, 6.45) is 3.30. The number of anilines is 2. The van der Waals surface area contributed by atoms with E-state index >= 15 is 0 Å². The number of carboxylic acid groups (broad SMARTS) is 1. The highest BCUT2D eigenvalue weighted by Gasteiger charge is 2.50. The van der Waals surface area contributed by atoms with Crippen LogP contribution in [0.2, 0.25) is 0 Å². The molecule has 2 amide bonds. The molecular weight excluding hydrogens is 624 g/mol. The number of aliphatic hydroxyl groups excluding tert-OH is 1. The smallest absolute Gasteiger partial charge is 0.303 e. The largest absolute Gasteiger partial charge is 0.481 e. The number of piperidine rings is 1. The molecule has 4 N–H and O–H groups in total. The molecule has 0 aromatic heterocycles. The van der Waals surface area contributed by atoms with Crippen molar-refractivity contribution < 1.29 is 34.1 Å². The highest BCUT2D eigenvalue weighted by atomic mass is 16.7. The van der Waals surface area contributed by atoms with E-state index in [9.17, 15) is 19.5 Å². The van der Waals surface area contributed by atoms with Crippen molar-refractivity contribution in [2.24, 2.45) is 0 Å². The van der Waals surface area contributed by atoms with Crippen LogP contribution < -0.4 is 15.5 Å². The van der Waals surface area contributed by atoms with Crippen molar-refractivity contribution in [1.82, 2.24) is 10.2 Å². The molecule has 3 aliphatic rings. The SMILES string of the molecule is O=C(O)CCCCCC(=O)Nc1cccc([C@@H]2O[C@H](CN3CCC4(CC3)C(=O)NCN4c3ccccc3)C[C@H](c3ccc(CO)cc3)O2)c1. The Morgan fingerprint density at radius 2 is 1.65 bits per heavy atom. The predicted molar refractivity (Wildman–Crippen MR) is 185 cm³/mol. The lowest BCUT2D eigenvalue weighted by Crippen LogP contribution is -2.57. The van der Waals surface area contributed by atoms with Crippen molar-refractivity contribution in [1.29, 1.82) is 0 Å². The van der Waals surface area contributed by atoms with Gasteiger partial charge in [0.1, 0.15) is 5.54 Å². The van der Waals surface area contributed by atoms with Crippen LogP contribution in [0.5, 0.6) is 0 Å². The van der Waals surface area contributed by atoms with Gasteiger partial charge in [0.15, 0.2) is 6.29 Å². The van der Waals surface area contributed by atoms with E-state index in [1.54, 1.807) is 0 Å². The van der Waals surface area contributed by atoms with Gasteiger partial charge in [-0.3, -0.25) is 14.4 Å². The Labute approximate surface area is 287 Å². The highest BCUT2D eigenvalue weighted by Crippen LogP contribution is 2.40. The lowest BCUT2D eigenvalue weighted by atomic mass is 9.85. The summed E-state index contributed by atoms with van der Waals surface area (Å²) in [5, 5.41) is 24.4. The number of likely N-dealkylation sites (tertiary alicyclic amines) is 1. The highest BCUT2D eigenvalue weighted by molar-refractivity contribution is 5.93. The van der Waals surface area contributed by atoms with E-state index in [1.165, 1.54) is 0 Å². The molecule has 11 nitrogen and oxygen atoms in total. The Hall–Kier alpha value is -4.29. The molecule has 3 fully saturated rings. The Bertz CT molecular complexity index is 1580. The fraction of sp³-hybridized carbons (Fsp3) is 0.447. The van der Waals surface area contributed by atoms with Crippen molar-refractivity contribution in [2.45, 2.75) is 82.0 Å². The summed E-state index contributed by atoms with van der Waals surface area (Å²) in [5.41, 5.74) is 3.76. The molecule has 49 heavy (non-hydrogen) atoms. The Kier molecular flexibility index (Phi) is 11.3. The van der Waals surface area contributed by atoms with Crippen molar-refractivity contribution in [3.05, 3.63) is 95.6 Å². The molecular formula is C38H46N4O7. The number of carboxylic acids is 1. The molecule has 11 heteroatoms. The standard InChI is InChI=1S/C38H46N4O7/c43-25-27-14-16-28(17-15-27)33-23-32(24-41-20-18-38(19-21-41)37(47)39-26-42(38)31-10-3-1-4-11-31)48-36(49-33)29-8-7-9-30(22-29)40-34(44)12-5-2-6-13-35(45)46/h1,3-4,7-11,14-17,22,32-33,36,43H,2,5-6,12-13,18-21,23-26H2,(H,39,47)(H,40,44)(H,45,46)/t32-,33+,36+/m0/s1. The summed E-state index contributed by atoms with van der Waals surface area (Å²) in [6.45, 7) is 2.69. The van der Waals surface area contributed by atoms with Crippen molar-refractivity contribution in [3.63, 3.8) is 0 Å². The third-order valence-electron chi connectivity index (χ3n) is 9.90. The lowest BCUT2D eigenvalue weighted by molar-refractivity contribution is -0.253. The molecule has 0 aliphatic carbocycles. The molecule has 6 rings (SSSR count). The normalized spacial score (nSPS) is 22.2. The van der Waals surface area contributed by atoms with Gasteiger partial charge in [0.05, 0.1) is 25.5 Å². The first-order valence-electron chi connectivity index (χ1n) is 17.3. The number of aliphatic hydroxyl groups is 1. The van der Waals surface area contributed by atoms with Gasteiger partial charge in [0.25, 0.3) is 0 Å². The molecule has 0 saturated carbocycles. The number of benzene rings is 3. The molecule has 1 spiro atoms. The maximum Gasteiger partial charge on any atom is 0.303 e. The number of rotatable bonds is 13. The maximum atomic E-state index is 13.2. The molecule has 3 heterocycles. The van der Waals surface area contributed by atoms with Gasteiger partial charge in [0.2, 0.25) is 11.8 Å². The Morgan fingerprint density at radius 3 is 2.39 bits per heavy atom. The summed E-state index contributed by atoms with van der Waals surface area (Å²) in [5.74, 6) is -0.852. The summed E-state index contributed by atoms with van der Waals surface area (Å²) in [6, 6.07) is 25.4. The number of nitrogens with zero attached hydrogens (tertiary/aromatic N) is 2. The second-order valence-electron chi connectivity index (χ2n) is 13.2. The molecule has 3 aliphatic heterocycles. The fourth-order valence-corrected chi connectivity index (χ4v) is 7.18. The van der Waals surface area contributed by atoms with Crippen molar-refractivity contribution >= 4 is 29.2 Å². The first-order chi connectivity index (χ1) is 23.8. The Balaban J connectivity index is 1.12. The number of hydrogen-bond donors (Lipinski definition) is 4. The molecule has 3 aromatic carbocycles. The number of ether oxygens (including phenoxy) is 2. The zero-order valence-corrected chi connectivity index (χ0v) is 27.8. The second-order valence-corrected chi connectivity index (χ2v) is 13.2. The van der Waals surface area contributed by atoms with Gasteiger partial charge < -0.3 is 40.1 Å². The minimum atomic E-state index is -0.822. The van der Waals surface area contributed by atoms with Gasteiger partial charge in [0, 0.05) is 55.8 Å². The van der Waals surface area contributed by atoms with Crippen LogP contribution in [0, 0.1) is 0 Å². The summed E-state index contributed by atoms with van der Waals surface area (Å²) in [4.78, 5) is 41.2. The van der Waals surface area contributed by atoms with Gasteiger partial charge in [-0.1, -0.05) is 61.0 Å². The van der Waals surface area contributed by atoms with Gasteiger partial charge in [-0.05, 0) is 61.1 Å². The number of amides is 2. The number of carbonyl (C=O) groups is 3. The van der Waals surface area contributed by atoms with E-state index < -0.39 is 17.8 Å². The minimum Gasteiger partial charge on any atom is -0.481 e. The molecule has 3 aromatic rings. The average molecular weight is 671 g/mol. The zero-order chi connectivity index (χ0) is 34.2. The number of para-hydroxylation sites is 1. The van der Waals surface area contributed by atoms with E-state index in [4.69, 9.17) is 14.6 Å². The van der Waals surface area contributed by atoms with Gasteiger partial charge in [-0.15, -0.1) is 0 Å². The number of nitrogens with one attached hydrogen (secondary N) is 2. The minimum absolute atomic E-state index is 0.0306. The van der Waals surface area contributed by atoms with Crippen molar-refractivity contribution in [3.8, 4) is 0 Å². The molecule has 0 radical (unpaired) electrons. The van der Waals surface area contributed by atoms with Crippen LogP contribution >= 0.6 is 0 Å². The van der Waals surface area contributed by atoms with E-state index in [2.05, 4.69) is 32.6 Å². The molecule has 3 atom stereocenters. The van der Waals surface area contributed by atoms with E-state index in [-0.39, 0.29) is 37.0 Å². The van der Waals surface area contributed by atoms with E-state index in [1.807, 2.05) is 66.7 Å². The summed E-state index contributed by atoms with van der Waals surface area (Å²) >= 11 is 0. The zero-order valence-electron chi connectivity index (χ0n) is 27.8. The summed E-state index contributed by atoms with van der Waals surface area (Å²) < 4.78 is 13.2. The molecule has 0 bridgehead atoms. The molecule has 3 saturated heterocycles. The van der Waals surface area contributed by atoms with Gasteiger partial charge in [-0.25, -0.2) is 0 Å². The number of aliphatic carboxylic acids is 1. The monoisotopic (exact) mass is 670 g/mol. The second kappa shape index (κ2) is 15.9. The number of unbranched alkanes of at least 4 members (excludes halogenated alkanes) is 2. The molecule has 0 unspecified atom stereocenters. The van der Waals surface area contributed by atoms with E-state index in [0.717, 1.165) is 35.5 Å². The van der Waals surface area contributed by atoms with Gasteiger partial charge in [-0.2, -0.15) is 0 Å². The number of carbonyl (C=O) groups excluding carboxylic acids is 2. The van der Waals surface area contributed by atoms with Gasteiger partial charge >= 0.3 is 5.97 Å². The fourth-order valence-electron chi connectivity index (χ4n) is 7.18. The van der Waals surface area contributed by atoms with Crippen LogP contribution in [0.15, 0.2) is 78.9 Å². The molecule has 260 valence electrons. The van der Waals surface area contributed by atoms with Crippen LogP contribution in [0.25, 0.3) is 0 Å². The quantitative estimate of drug-likeness (QED) is 0.182. The first-order valence-corrected chi connectivity index (χ1v) is 17.3. The third kappa shape index (κ3) is 8.48. The van der Waals surface area contributed by atoms with Crippen LogP contribution in [-0.4, -0.2) is 70.8 Å². The third-order valence-corrected chi connectivity index (χ3v) is 9.90. The average Bonchev–Trinajstić information content (AvgIpc) is 3.43. The maximum absolute atomic E-state index is 13.2. The van der Waals surface area contributed by atoms with Crippen LogP contribution in [-0.2, 0) is 30.5 Å². The van der Waals surface area contributed by atoms with Crippen LogP contribution in [0.1, 0.15) is 80.5 Å². The van der Waals surface area contributed by atoms with E-state index in [0.29, 0.717) is 63.8 Å². The predicted octanol–water partition coefficient (Wildman–Crippen LogP) is 5.13. The number of hydrogen-bond acceptors (Lipinski definition) is 8. The lowest BCUT2D eigenvalue weighted by Gasteiger charge is -2.45. The summed E-state index contributed by atoms with van der Waals surface area (Å²) in [7, 11) is 0. The first kappa shape index (κ1) is 34.6. The topological polar surface area (TPSA) is 141 Å². The van der Waals surface area contributed by atoms with Crippen LogP contribution in [0.4, 0.5) is 11.4 Å². The van der Waals surface area contributed by atoms with Crippen LogP contribution in [0.3, 0.4) is 0 Å².